The maximum Gasteiger partial charge on any atom is 0.341 e. The number of pyridine rings is 1. The minimum atomic E-state index is -0.511. The van der Waals surface area contributed by atoms with Crippen LogP contribution in [0.5, 0.6) is 5.75 Å². The van der Waals surface area contributed by atoms with Crippen LogP contribution in [-0.2, 0) is 4.74 Å². The normalized spacial score (nSPS) is 31.2. The van der Waals surface area contributed by atoms with Crippen LogP contribution in [0.25, 0.3) is 0 Å². The number of carbonyl (C=O) groups is 2. The zero-order chi connectivity index (χ0) is 27.3. The molecule has 7 rings (SSSR count). The number of nitrogens with zero attached hydrogens (tertiary/aromatic N) is 3. The molecule has 5 aliphatic rings. The van der Waals surface area contributed by atoms with E-state index in [1.54, 1.807) is 19.2 Å². The summed E-state index contributed by atoms with van der Waals surface area (Å²) in [5.74, 6) is 2.08. The number of esters is 1. The second-order valence-electron chi connectivity index (χ2n) is 11.9. The maximum absolute atomic E-state index is 13.3. The first-order valence-electron chi connectivity index (χ1n) is 14.0. The van der Waals surface area contributed by atoms with E-state index < -0.39 is 11.6 Å². The monoisotopic (exact) mass is 534 g/mol. The zero-order valence-electron chi connectivity index (χ0n) is 22.9. The number of hydrogen-bond donors (Lipinski definition) is 2. The van der Waals surface area contributed by atoms with Crippen LogP contribution in [0.4, 0.5) is 11.5 Å². The minimum Gasteiger partial charge on any atom is -0.496 e. The van der Waals surface area contributed by atoms with Crippen LogP contribution >= 0.6 is 0 Å². The van der Waals surface area contributed by atoms with Gasteiger partial charge >= 0.3 is 5.97 Å². The molecule has 0 radical (unpaired) electrons. The molecule has 39 heavy (non-hydrogen) atoms. The van der Waals surface area contributed by atoms with Gasteiger partial charge in [0.05, 0.1) is 19.8 Å². The van der Waals surface area contributed by atoms with Crippen LogP contribution < -0.4 is 19.9 Å². The summed E-state index contributed by atoms with van der Waals surface area (Å²) in [4.78, 5) is 34.6. The van der Waals surface area contributed by atoms with Crippen molar-refractivity contribution in [2.24, 2.45) is 17.8 Å². The maximum atomic E-state index is 13.3. The molecule has 1 amide bonds. The summed E-state index contributed by atoms with van der Waals surface area (Å²) in [7, 11) is 2.91. The number of carbonyl (C=O) groups excluding carboxylic acids is 2. The van der Waals surface area contributed by atoms with Crippen LogP contribution in [-0.4, -0.2) is 73.5 Å². The number of aromatic nitrogens is 1. The first-order chi connectivity index (χ1) is 18.8. The molecule has 208 valence electrons. The third-order valence-electron chi connectivity index (χ3n) is 9.38. The van der Waals surface area contributed by atoms with Crippen molar-refractivity contribution in [3.63, 3.8) is 0 Å². The summed E-state index contributed by atoms with van der Waals surface area (Å²) in [6.45, 7) is 4.42. The van der Waals surface area contributed by atoms with E-state index in [0.29, 0.717) is 34.8 Å². The highest BCUT2D eigenvalue weighted by molar-refractivity contribution is 5.93. The molecule has 4 aliphatic carbocycles. The second kappa shape index (κ2) is 10.0. The highest BCUT2D eigenvalue weighted by atomic mass is 16.5. The van der Waals surface area contributed by atoms with E-state index in [2.05, 4.69) is 22.0 Å². The van der Waals surface area contributed by atoms with E-state index in [1.807, 2.05) is 24.3 Å². The number of benzene rings is 1. The van der Waals surface area contributed by atoms with E-state index in [0.717, 1.165) is 63.2 Å². The molecule has 4 saturated carbocycles. The second-order valence-corrected chi connectivity index (χ2v) is 11.9. The van der Waals surface area contributed by atoms with Gasteiger partial charge in [0.2, 0.25) is 0 Å². The molecule has 1 aliphatic heterocycles. The quantitative estimate of drug-likeness (QED) is 0.545. The van der Waals surface area contributed by atoms with Crippen LogP contribution in [0.1, 0.15) is 59.9 Å². The van der Waals surface area contributed by atoms with E-state index in [4.69, 9.17) is 14.5 Å². The predicted octanol–water partition coefficient (Wildman–Crippen LogP) is 3.26. The molecule has 2 aromatic rings. The van der Waals surface area contributed by atoms with Gasteiger partial charge in [-0.15, -0.1) is 0 Å². The van der Waals surface area contributed by atoms with Gasteiger partial charge in [-0.25, -0.2) is 9.78 Å². The van der Waals surface area contributed by atoms with E-state index in [9.17, 15) is 14.7 Å². The van der Waals surface area contributed by atoms with Gasteiger partial charge in [-0.1, -0.05) is 6.07 Å². The van der Waals surface area contributed by atoms with Gasteiger partial charge in [0.15, 0.2) is 0 Å². The number of rotatable bonds is 6. The highest BCUT2D eigenvalue weighted by Crippen LogP contribution is 2.55. The zero-order valence-corrected chi connectivity index (χ0v) is 22.9. The summed E-state index contributed by atoms with van der Waals surface area (Å²) in [5, 5.41) is 14.2. The number of amides is 1. The van der Waals surface area contributed by atoms with Crippen LogP contribution in [0.2, 0.25) is 0 Å². The smallest absolute Gasteiger partial charge is 0.341 e. The first kappa shape index (κ1) is 25.9. The van der Waals surface area contributed by atoms with Gasteiger partial charge in [-0.3, -0.25) is 4.79 Å². The van der Waals surface area contributed by atoms with Crippen molar-refractivity contribution < 1.29 is 24.2 Å². The molecular formula is C30H38N4O5. The molecule has 0 unspecified atom stereocenters. The van der Waals surface area contributed by atoms with Crippen molar-refractivity contribution in [1.82, 2.24) is 10.3 Å². The van der Waals surface area contributed by atoms with Gasteiger partial charge in [-0.05, 0) is 81.0 Å². The van der Waals surface area contributed by atoms with E-state index in [1.165, 1.54) is 7.11 Å². The van der Waals surface area contributed by atoms with Crippen molar-refractivity contribution in [2.75, 3.05) is 43.7 Å². The number of aliphatic hydroxyl groups is 1. The third-order valence-corrected chi connectivity index (χ3v) is 9.38. The number of methoxy groups -OCH3 is 2. The molecule has 9 nitrogen and oxygen atoms in total. The Labute approximate surface area is 229 Å². The third kappa shape index (κ3) is 4.81. The molecular weight excluding hydrogens is 496 g/mol. The lowest BCUT2D eigenvalue weighted by atomic mass is 9.52. The Morgan fingerprint density at radius 3 is 2.51 bits per heavy atom. The van der Waals surface area contributed by atoms with Gasteiger partial charge < -0.3 is 29.7 Å². The molecule has 3 atom stereocenters. The number of anilines is 2. The lowest BCUT2D eigenvalue weighted by molar-refractivity contribution is -0.136. The molecule has 9 heteroatoms. The summed E-state index contributed by atoms with van der Waals surface area (Å²) in [5.41, 5.74) is 1.31. The number of hydrogen-bond acceptors (Lipinski definition) is 8. The van der Waals surface area contributed by atoms with Crippen LogP contribution in [0.3, 0.4) is 0 Å². The van der Waals surface area contributed by atoms with Gasteiger partial charge in [0.25, 0.3) is 5.91 Å². The Balaban J connectivity index is 1.12. The van der Waals surface area contributed by atoms with Gasteiger partial charge in [0, 0.05) is 43.5 Å². The van der Waals surface area contributed by atoms with Crippen molar-refractivity contribution in [3.05, 3.63) is 47.7 Å². The largest absolute Gasteiger partial charge is 0.496 e. The highest BCUT2D eigenvalue weighted by Gasteiger charge is 2.55. The SMILES string of the molecule is COC(=O)c1ccc(N2CCN(c3cccc(C(=O)NC4[C@@H]5CC6C[C@@H]4CC(O)(C6)C5)n3)[C@H](C)C2)cc1OC. The van der Waals surface area contributed by atoms with Crippen molar-refractivity contribution in [1.29, 1.82) is 0 Å². The fourth-order valence-corrected chi connectivity index (χ4v) is 7.84. The van der Waals surface area contributed by atoms with Crippen molar-refractivity contribution in [3.8, 4) is 5.75 Å². The Kier molecular flexibility index (Phi) is 6.65. The number of ether oxygens (including phenoxy) is 2. The Hall–Kier alpha value is -3.33. The summed E-state index contributed by atoms with van der Waals surface area (Å²) in [6, 6.07) is 11.5. The van der Waals surface area contributed by atoms with Gasteiger partial charge in [0.1, 0.15) is 22.8 Å². The first-order valence-corrected chi connectivity index (χ1v) is 14.0. The average molecular weight is 535 g/mol. The Morgan fingerprint density at radius 2 is 1.85 bits per heavy atom. The number of piperazine rings is 1. The molecule has 0 spiro atoms. The molecule has 1 aromatic carbocycles. The van der Waals surface area contributed by atoms with Crippen molar-refractivity contribution >= 4 is 23.4 Å². The van der Waals surface area contributed by atoms with Gasteiger partial charge in [-0.2, -0.15) is 0 Å². The van der Waals surface area contributed by atoms with Crippen LogP contribution in [0, 0.1) is 17.8 Å². The molecule has 1 saturated heterocycles. The van der Waals surface area contributed by atoms with E-state index >= 15 is 0 Å². The fraction of sp³-hybridized carbons (Fsp3) is 0.567. The molecule has 5 fully saturated rings. The number of nitrogens with one attached hydrogen (secondary N) is 1. The standard InChI is InChI=1S/C30H38N4O5/c1-18-17-33(22-7-8-23(29(36)39-3)25(13-22)38-2)9-10-34(18)26-6-4-5-24(31-26)28(35)32-27-20-11-19-12-21(27)16-30(37,14-19)15-20/h4-8,13,18-21,27,37H,9-12,14-17H2,1-3H3,(H,32,35)/t18-,19?,20-,21-,27?,30?/m1/s1. The Bertz CT molecular complexity index is 1250. The summed E-state index contributed by atoms with van der Waals surface area (Å²) < 4.78 is 10.3. The minimum absolute atomic E-state index is 0.120. The fourth-order valence-electron chi connectivity index (χ4n) is 7.84. The molecule has 1 aromatic heterocycles. The lowest BCUT2D eigenvalue weighted by Gasteiger charge is -2.58. The van der Waals surface area contributed by atoms with E-state index in [-0.39, 0.29) is 18.0 Å². The summed E-state index contributed by atoms with van der Waals surface area (Å²) in [6.07, 6.45) is 4.75. The summed E-state index contributed by atoms with van der Waals surface area (Å²) >= 11 is 0. The topological polar surface area (TPSA) is 104 Å². The van der Waals surface area contributed by atoms with Crippen molar-refractivity contribution in [2.45, 2.75) is 56.7 Å². The molecule has 4 bridgehead atoms. The Morgan fingerprint density at radius 1 is 1.08 bits per heavy atom. The molecule has 2 N–H and O–H groups in total. The lowest BCUT2D eigenvalue weighted by Crippen LogP contribution is -2.61. The van der Waals surface area contributed by atoms with Crippen LogP contribution in [0.15, 0.2) is 36.4 Å². The predicted molar refractivity (Wildman–Crippen MR) is 147 cm³/mol. The average Bonchev–Trinajstić information content (AvgIpc) is 2.93. The molecule has 2 heterocycles.